The van der Waals surface area contributed by atoms with Crippen LogP contribution in [0.4, 0.5) is 0 Å². The highest BCUT2D eigenvalue weighted by Gasteiger charge is 2.31. The first-order valence-corrected chi connectivity index (χ1v) is 45.5. The Kier molecular flexibility index (Phi) is 16.6. The van der Waals surface area contributed by atoms with E-state index in [1.54, 1.807) is 0 Å². The van der Waals surface area contributed by atoms with Gasteiger partial charge < -0.3 is 46.2 Å². The van der Waals surface area contributed by atoms with E-state index >= 15 is 0 Å². The zero-order valence-corrected chi connectivity index (χ0v) is 72.1. The Balaban J connectivity index is 0.0000000894. The van der Waals surface area contributed by atoms with Crippen molar-refractivity contribution in [1.82, 2.24) is 22.8 Å². The summed E-state index contributed by atoms with van der Waals surface area (Å²) in [6.45, 7) is 0. The monoisotopic (exact) mass is 1710 g/mol. The predicted molar refractivity (Wildman–Crippen MR) is 550 cm³/mol. The summed E-state index contributed by atoms with van der Waals surface area (Å²) in [7, 11) is 0. The van der Waals surface area contributed by atoms with Gasteiger partial charge in [-0.3, -0.25) is 0 Å². The van der Waals surface area contributed by atoms with Gasteiger partial charge >= 0.3 is 0 Å². The quantitative estimate of drug-likeness (QED) is 0.166. The Morgan fingerprint density at radius 3 is 0.940 bits per heavy atom. The average molecular weight is 1710 g/mol. The van der Waals surface area contributed by atoms with Crippen molar-refractivity contribution in [1.29, 1.82) is 0 Å². The Hall–Kier alpha value is -18.1. The molecule has 10 heterocycles. The third-order valence-corrected chi connectivity index (χ3v) is 27.4. The molecule has 0 radical (unpaired) electrons. The highest BCUT2D eigenvalue weighted by atomic mass is 16.5. The number of furan rings is 1. The van der Waals surface area contributed by atoms with Crippen molar-refractivity contribution in [3.63, 3.8) is 0 Å². The minimum absolute atomic E-state index is 0.870. The zero-order valence-electron chi connectivity index (χ0n) is 72.1. The molecule has 0 atom stereocenters. The zero-order chi connectivity index (χ0) is 87.7. The number of hydrogen-bond donors (Lipinski definition) is 0. The Morgan fingerprint density at radius 1 is 0.157 bits per heavy atom. The topological polar surface area (TPSA) is 74.7 Å². The van der Waals surface area contributed by atoms with Gasteiger partial charge in [0.15, 0.2) is 46.0 Å². The molecule has 0 amide bonds. The van der Waals surface area contributed by atoms with Gasteiger partial charge in [0.05, 0.1) is 83.6 Å². The van der Waals surface area contributed by atoms with Gasteiger partial charge in [-0.25, -0.2) is 0 Å². The van der Waals surface area contributed by atoms with Crippen LogP contribution in [0.1, 0.15) is 0 Å². The summed E-state index contributed by atoms with van der Waals surface area (Å²) in [5.41, 5.74) is 30.6. The van der Waals surface area contributed by atoms with E-state index in [0.29, 0.717) is 0 Å². The molecule has 31 rings (SSSR count). The minimum Gasteiger partial charge on any atom is -0.455 e. The van der Waals surface area contributed by atoms with Gasteiger partial charge in [0.25, 0.3) is 0 Å². The maximum atomic E-state index is 6.51. The van der Waals surface area contributed by atoms with Crippen LogP contribution in [0.15, 0.2) is 459 Å². The van der Waals surface area contributed by atoms with E-state index in [9.17, 15) is 0 Å². The molecule has 21 aromatic carbocycles. The predicted octanol–water partition coefficient (Wildman–Crippen LogP) is 34.0. The van der Waals surface area contributed by atoms with Crippen molar-refractivity contribution >= 4 is 142 Å². The summed E-state index contributed by atoms with van der Waals surface area (Å²) in [4.78, 5) is 0. The van der Waals surface area contributed by atoms with Crippen molar-refractivity contribution in [3.8, 4) is 130 Å². The van der Waals surface area contributed by atoms with Crippen LogP contribution in [0.2, 0.25) is 0 Å². The van der Waals surface area contributed by atoms with Crippen molar-refractivity contribution in [2.45, 2.75) is 0 Å². The van der Waals surface area contributed by atoms with Gasteiger partial charge in [-0.15, -0.1) is 0 Å². The number of benzene rings is 21. The highest BCUT2D eigenvalue weighted by Crippen LogP contribution is 2.54. The average Bonchev–Trinajstić information content (AvgIpc) is 1.56. The first kappa shape index (κ1) is 74.9. The standard InChI is InChI=1S/C36H21NO2.C30H18N2O.C30H19NO.C28H17NO/c1-3-15-30-26(11-1)29-20-24(21-34-35(29)37(30)31-16-4-6-18-33(31)38-34)22-9-7-10-23(19-22)25-13-8-14-28-27-12-2-5-17-32(27)39-36(25)28;1-4-12-24-20(9-1)21-10-2-5-13-25(21)31(24)19-17-23-22-11-3-6-14-26(22)32-27-15-7-8-16-28(27)33-29(18-19)30(23)32;1-2-9-20(10-3-1)21-11-8-12-22(17-21)23-18-25-24-13-4-5-14-26(24)31-27-15-6-7-16-28(27)32-29(19-23)30(25)31;1-2-10-20-18(8-1)9-7-12-21(20)19-16-23-22-11-3-4-13-24(22)29-25-14-5-6-15-26(25)30-27(17-19)28(23)29/h1-21H;1-18H;1-19H;1-17H. The first-order chi connectivity index (χ1) is 66.5. The van der Waals surface area contributed by atoms with Gasteiger partial charge in [-0.05, 0) is 206 Å². The molecule has 0 saturated heterocycles. The lowest BCUT2D eigenvalue weighted by molar-refractivity contribution is 0.476. The molecular formula is C124H75N5O5. The van der Waals surface area contributed by atoms with Crippen LogP contribution in [0.3, 0.4) is 0 Å². The van der Waals surface area contributed by atoms with Crippen molar-refractivity contribution < 1.29 is 23.4 Å². The van der Waals surface area contributed by atoms with Crippen molar-refractivity contribution in [3.05, 3.63) is 455 Å². The third-order valence-electron chi connectivity index (χ3n) is 27.4. The number of rotatable bonds is 6. The van der Waals surface area contributed by atoms with Crippen molar-refractivity contribution in [2.24, 2.45) is 0 Å². The Morgan fingerprint density at radius 2 is 0.463 bits per heavy atom. The first-order valence-electron chi connectivity index (χ1n) is 45.5. The summed E-state index contributed by atoms with van der Waals surface area (Å²) in [6.07, 6.45) is 0. The van der Waals surface area contributed by atoms with E-state index in [4.69, 9.17) is 23.4 Å². The van der Waals surface area contributed by atoms with E-state index in [1.165, 1.54) is 126 Å². The number of para-hydroxylation sites is 16. The molecule has 0 unspecified atom stereocenters. The van der Waals surface area contributed by atoms with Gasteiger partial charge in [0, 0.05) is 76.3 Å². The van der Waals surface area contributed by atoms with Crippen LogP contribution in [-0.4, -0.2) is 22.8 Å². The summed E-state index contributed by atoms with van der Waals surface area (Å²) in [5, 5.41) is 17.1. The summed E-state index contributed by atoms with van der Waals surface area (Å²) in [6, 6.07) is 160. The summed E-state index contributed by atoms with van der Waals surface area (Å²) >= 11 is 0. The number of fused-ring (bicyclic) bond motifs is 27. The van der Waals surface area contributed by atoms with Gasteiger partial charge in [0.2, 0.25) is 0 Å². The molecule has 134 heavy (non-hydrogen) atoms. The van der Waals surface area contributed by atoms with E-state index in [1.807, 2.05) is 60.7 Å². The van der Waals surface area contributed by atoms with Crippen LogP contribution < -0.4 is 18.9 Å². The lowest BCUT2D eigenvalue weighted by Gasteiger charge is -2.21. The SMILES string of the molecule is c1cc(-c2cc3c4c(c2)c2ccccc2n4-c2ccccc2O3)cc(-c2cccc3c2oc2ccccc23)c1.c1ccc(-c2cccc(-c3cc4c5c(c3)c3ccccc3n5-c3ccccc3O4)c2)cc1.c1ccc2c(c1)Oc1cc(-c3cccc4ccccc34)cc3c4ccccc4n-2c13.c1ccc2c(c1)Oc1cc(-n3c4ccccc4c4ccccc43)cc3c4ccccc4n-2c13. The summed E-state index contributed by atoms with van der Waals surface area (Å²) in [5.74, 6) is 7.10. The van der Waals surface area contributed by atoms with Crippen LogP contribution >= 0.6 is 0 Å². The Bertz CT molecular complexity index is 9570. The van der Waals surface area contributed by atoms with E-state index in [-0.39, 0.29) is 0 Å². The Labute approximate surface area is 767 Å². The van der Waals surface area contributed by atoms with Crippen molar-refractivity contribution in [2.75, 3.05) is 0 Å². The highest BCUT2D eigenvalue weighted by molar-refractivity contribution is 6.19. The van der Waals surface area contributed by atoms with Crippen LogP contribution in [-0.2, 0) is 0 Å². The van der Waals surface area contributed by atoms with Crippen LogP contribution in [0.25, 0.3) is 226 Å². The van der Waals surface area contributed by atoms with Crippen LogP contribution in [0, 0.1) is 0 Å². The number of ether oxygens (including phenoxy) is 4. The second-order valence-electron chi connectivity index (χ2n) is 34.8. The minimum atomic E-state index is 0.870. The molecule has 0 N–H and O–H groups in total. The smallest absolute Gasteiger partial charge is 0.154 e. The maximum Gasteiger partial charge on any atom is 0.154 e. The van der Waals surface area contributed by atoms with Gasteiger partial charge in [0.1, 0.15) is 11.2 Å². The number of nitrogens with zero attached hydrogens (tertiary/aromatic N) is 5. The molecule has 626 valence electrons. The van der Waals surface area contributed by atoms with Gasteiger partial charge in [-0.1, -0.05) is 303 Å². The molecule has 4 aliphatic heterocycles. The molecule has 0 spiro atoms. The molecule has 0 aliphatic carbocycles. The summed E-state index contributed by atoms with van der Waals surface area (Å²) < 4.78 is 43.9. The molecule has 27 aromatic rings. The fourth-order valence-corrected chi connectivity index (χ4v) is 21.6. The molecule has 4 aliphatic rings. The fraction of sp³-hybridized carbons (Fsp3) is 0. The number of aromatic nitrogens is 5. The normalized spacial score (nSPS) is 12.3. The maximum absolute atomic E-state index is 6.51. The molecule has 10 heteroatoms. The second-order valence-corrected chi connectivity index (χ2v) is 34.8. The molecule has 0 bridgehead atoms. The van der Waals surface area contributed by atoms with Crippen LogP contribution in [0.5, 0.6) is 46.0 Å². The lowest BCUT2D eigenvalue weighted by Crippen LogP contribution is -2.04. The molecule has 0 saturated carbocycles. The fourth-order valence-electron chi connectivity index (χ4n) is 21.6. The van der Waals surface area contributed by atoms with E-state index in [0.717, 1.165) is 146 Å². The second kappa shape index (κ2) is 29.7. The third kappa shape index (κ3) is 11.6. The van der Waals surface area contributed by atoms with E-state index in [2.05, 4.69) is 417 Å². The molecule has 10 nitrogen and oxygen atoms in total. The largest absolute Gasteiger partial charge is 0.455 e. The van der Waals surface area contributed by atoms with E-state index < -0.39 is 0 Å². The molecule has 0 fully saturated rings. The molecular weight excluding hydrogens is 1640 g/mol. The molecule has 6 aromatic heterocycles. The lowest BCUT2D eigenvalue weighted by atomic mass is 9.96. The van der Waals surface area contributed by atoms with Gasteiger partial charge in [-0.2, -0.15) is 0 Å². The number of hydrogen-bond acceptors (Lipinski definition) is 5.